The number of aliphatic hydroxyl groups is 1. The van der Waals surface area contributed by atoms with Crippen molar-refractivity contribution in [1.82, 2.24) is 5.32 Å². The first-order valence-corrected chi connectivity index (χ1v) is 5.26. The molecule has 3 atom stereocenters. The van der Waals surface area contributed by atoms with Crippen LogP contribution in [0.1, 0.15) is 33.1 Å². The predicted molar refractivity (Wildman–Crippen MR) is 54.5 cm³/mol. The number of piperidine rings is 1. The number of nitrogens with one attached hydrogen (secondary N) is 1. The molecule has 3 unspecified atom stereocenters. The Morgan fingerprint density at radius 1 is 1.62 bits per heavy atom. The molecule has 1 rings (SSSR count). The van der Waals surface area contributed by atoms with E-state index in [1.807, 2.05) is 6.92 Å². The third kappa shape index (κ3) is 2.66. The number of hydrogen-bond acceptors (Lipinski definition) is 3. The minimum absolute atomic E-state index is 0.177. The predicted octanol–water partition coefficient (Wildman–Crippen LogP) is 0.474. The second-order valence-electron chi connectivity index (χ2n) is 4.37. The van der Waals surface area contributed by atoms with Crippen LogP contribution in [-0.2, 0) is 0 Å². The lowest BCUT2D eigenvalue weighted by atomic mass is 9.82. The Morgan fingerprint density at radius 2 is 2.31 bits per heavy atom. The molecule has 1 aliphatic heterocycles. The summed E-state index contributed by atoms with van der Waals surface area (Å²) in [7, 11) is 0. The summed E-state index contributed by atoms with van der Waals surface area (Å²) >= 11 is 0. The van der Waals surface area contributed by atoms with Gasteiger partial charge in [0.1, 0.15) is 0 Å². The van der Waals surface area contributed by atoms with Crippen molar-refractivity contribution >= 4 is 0 Å². The zero-order valence-corrected chi connectivity index (χ0v) is 8.71. The van der Waals surface area contributed by atoms with Gasteiger partial charge in [-0.1, -0.05) is 13.3 Å². The smallest absolute Gasteiger partial charge is 0.0893 e. The largest absolute Gasteiger partial charge is 0.387 e. The van der Waals surface area contributed by atoms with E-state index in [-0.39, 0.29) is 6.04 Å². The van der Waals surface area contributed by atoms with Crippen molar-refractivity contribution in [3.63, 3.8) is 0 Å². The maximum absolute atomic E-state index is 9.97. The first-order chi connectivity index (χ1) is 6.10. The molecule has 3 nitrogen and oxygen atoms in total. The number of hydrogen-bond donors (Lipinski definition) is 3. The Hall–Kier alpha value is -0.120. The molecule has 1 aliphatic rings. The van der Waals surface area contributed by atoms with Gasteiger partial charge in [-0.15, -0.1) is 0 Å². The average molecular weight is 186 g/mol. The molecule has 1 fully saturated rings. The molecule has 13 heavy (non-hydrogen) atoms. The highest BCUT2D eigenvalue weighted by molar-refractivity contribution is 4.92. The third-order valence-corrected chi connectivity index (χ3v) is 3.25. The molecule has 0 spiro atoms. The van der Waals surface area contributed by atoms with E-state index in [1.165, 1.54) is 12.8 Å². The van der Waals surface area contributed by atoms with Crippen molar-refractivity contribution in [3.05, 3.63) is 0 Å². The van der Waals surface area contributed by atoms with Crippen LogP contribution in [0.5, 0.6) is 0 Å². The summed E-state index contributed by atoms with van der Waals surface area (Å²) < 4.78 is 0. The zero-order chi connectivity index (χ0) is 9.90. The third-order valence-electron chi connectivity index (χ3n) is 3.25. The van der Waals surface area contributed by atoms with Crippen molar-refractivity contribution in [2.24, 2.45) is 11.7 Å². The molecule has 4 N–H and O–H groups in total. The van der Waals surface area contributed by atoms with E-state index in [9.17, 15) is 5.11 Å². The van der Waals surface area contributed by atoms with E-state index < -0.39 is 5.60 Å². The van der Waals surface area contributed by atoms with Gasteiger partial charge in [0.2, 0.25) is 0 Å². The van der Waals surface area contributed by atoms with Crippen molar-refractivity contribution < 1.29 is 5.11 Å². The Balaban J connectivity index is 2.50. The molecule has 0 bridgehead atoms. The van der Waals surface area contributed by atoms with Gasteiger partial charge in [0.25, 0.3) is 0 Å². The van der Waals surface area contributed by atoms with E-state index in [4.69, 9.17) is 5.73 Å². The Bertz CT molecular complexity index is 159. The van der Waals surface area contributed by atoms with Crippen molar-refractivity contribution in [2.75, 3.05) is 13.1 Å². The van der Waals surface area contributed by atoms with Gasteiger partial charge in [-0.3, -0.25) is 0 Å². The van der Waals surface area contributed by atoms with Crippen molar-refractivity contribution in [2.45, 2.75) is 44.8 Å². The van der Waals surface area contributed by atoms with Crippen LogP contribution in [0.15, 0.2) is 0 Å². The summed E-state index contributed by atoms with van der Waals surface area (Å²) in [5, 5.41) is 13.3. The highest BCUT2D eigenvalue weighted by Crippen LogP contribution is 2.24. The molecular weight excluding hydrogens is 164 g/mol. The quantitative estimate of drug-likeness (QED) is 0.600. The molecule has 0 aromatic rings. The van der Waals surface area contributed by atoms with Gasteiger partial charge in [-0.25, -0.2) is 0 Å². The summed E-state index contributed by atoms with van der Waals surface area (Å²) in [6, 6.07) is 0.177. The van der Waals surface area contributed by atoms with Crippen LogP contribution >= 0.6 is 0 Å². The van der Waals surface area contributed by atoms with E-state index in [2.05, 4.69) is 12.2 Å². The molecule has 1 heterocycles. The summed E-state index contributed by atoms with van der Waals surface area (Å²) in [6.07, 6.45) is 3.49. The molecular formula is C10H22N2O. The topological polar surface area (TPSA) is 58.3 Å². The monoisotopic (exact) mass is 186 g/mol. The van der Waals surface area contributed by atoms with Crippen LogP contribution in [0, 0.1) is 5.92 Å². The molecule has 78 valence electrons. The highest BCUT2D eigenvalue weighted by Gasteiger charge is 2.33. The standard InChI is InChI=1S/C10H22N2O/c1-3-8-4-5-12-9(6-8)10(2,13)7-11/h8-9,12-13H,3-7,11H2,1-2H3. The van der Waals surface area contributed by atoms with Gasteiger partial charge in [0, 0.05) is 12.6 Å². The minimum atomic E-state index is -0.742. The number of nitrogens with two attached hydrogens (primary N) is 1. The second-order valence-corrected chi connectivity index (χ2v) is 4.37. The van der Waals surface area contributed by atoms with Crippen LogP contribution in [0.25, 0.3) is 0 Å². The van der Waals surface area contributed by atoms with Crippen molar-refractivity contribution in [3.8, 4) is 0 Å². The van der Waals surface area contributed by atoms with E-state index in [1.54, 1.807) is 0 Å². The maximum atomic E-state index is 9.97. The van der Waals surface area contributed by atoms with Crippen LogP contribution in [-0.4, -0.2) is 29.8 Å². The maximum Gasteiger partial charge on any atom is 0.0893 e. The lowest BCUT2D eigenvalue weighted by molar-refractivity contribution is 0.00930. The fraction of sp³-hybridized carbons (Fsp3) is 1.00. The van der Waals surface area contributed by atoms with Crippen molar-refractivity contribution in [1.29, 1.82) is 0 Å². The van der Waals surface area contributed by atoms with Crippen LogP contribution in [0.4, 0.5) is 0 Å². The summed E-state index contributed by atoms with van der Waals surface area (Å²) in [5.41, 5.74) is 4.79. The molecule has 0 amide bonds. The second kappa shape index (κ2) is 4.40. The zero-order valence-electron chi connectivity index (χ0n) is 8.71. The van der Waals surface area contributed by atoms with E-state index in [0.717, 1.165) is 18.9 Å². The SMILES string of the molecule is CCC1CCNC(C(C)(O)CN)C1. The normalized spacial score (nSPS) is 34.2. The first kappa shape index (κ1) is 11.0. The van der Waals surface area contributed by atoms with Gasteiger partial charge in [0.05, 0.1) is 5.60 Å². The number of rotatable bonds is 3. The average Bonchev–Trinajstić information content (AvgIpc) is 2.18. The molecule has 0 aromatic heterocycles. The van der Waals surface area contributed by atoms with Crippen LogP contribution < -0.4 is 11.1 Å². The Morgan fingerprint density at radius 3 is 2.85 bits per heavy atom. The first-order valence-electron chi connectivity index (χ1n) is 5.26. The van der Waals surface area contributed by atoms with Gasteiger partial charge in [-0.05, 0) is 32.2 Å². The summed E-state index contributed by atoms with van der Waals surface area (Å²) in [4.78, 5) is 0. The molecule has 0 saturated carbocycles. The highest BCUT2D eigenvalue weighted by atomic mass is 16.3. The Kier molecular flexibility index (Phi) is 3.71. The lowest BCUT2D eigenvalue weighted by Crippen LogP contribution is -2.56. The van der Waals surface area contributed by atoms with E-state index in [0.29, 0.717) is 6.54 Å². The minimum Gasteiger partial charge on any atom is -0.387 e. The van der Waals surface area contributed by atoms with E-state index >= 15 is 0 Å². The van der Waals surface area contributed by atoms with Gasteiger partial charge < -0.3 is 16.2 Å². The fourth-order valence-electron chi connectivity index (χ4n) is 1.98. The summed E-state index contributed by atoms with van der Waals surface area (Å²) in [5.74, 6) is 0.754. The summed E-state index contributed by atoms with van der Waals surface area (Å²) in [6.45, 7) is 5.38. The molecule has 0 aromatic carbocycles. The molecule has 3 heteroatoms. The molecule has 1 saturated heterocycles. The van der Waals surface area contributed by atoms with Gasteiger partial charge in [-0.2, -0.15) is 0 Å². The fourth-order valence-corrected chi connectivity index (χ4v) is 1.98. The molecule has 0 aliphatic carbocycles. The Labute approximate surface area is 80.7 Å². The molecule has 0 radical (unpaired) electrons. The van der Waals surface area contributed by atoms with Crippen LogP contribution in [0.2, 0.25) is 0 Å². The lowest BCUT2D eigenvalue weighted by Gasteiger charge is -2.38. The van der Waals surface area contributed by atoms with Gasteiger partial charge in [0.15, 0.2) is 0 Å². The van der Waals surface area contributed by atoms with Gasteiger partial charge >= 0.3 is 0 Å². The van der Waals surface area contributed by atoms with Crippen LogP contribution in [0.3, 0.4) is 0 Å².